The molecular weight excluding hydrogens is 512 g/mol. The molecule has 0 aliphatic heterocycles. The van der Waals surface area contributed by atoms with Crippen molar-refractivity contribution in [3.63, 3.8) is 0 Å². The van der Waals surface area contributed by atoms with Crippen LogP contribution in [0, 0.1) is 23.2 Å². The molecule has 0 saturated carbocycles. The summed E-state index contributed by atoms with van der Waals surface area (Å²) in [6.45, 7) is 12.8. The maximum absolute atomic E-state index is 14.1. The van der Waals surface area contributed by atoms with Gasteiger partial charge in [-0.1, -0.05) is 119 Å². The van der Waals surface area contributed by atoms with Crippen molar-refractivity contribution < 1.29 is 39.2 Å². The average molecular weight is 571 g/mol. The van der Waals surface area contributed by atoms with Gasteiger partial charge in [-0.15, -0.1) is 0 Å². The fourth-order valence-corrected chi connectivity index (χ4v) is 5.94. The first-order valence-corrected chi connectivity index (χ1v) is 15.8. The summed E-state index contributed by atoms with van der Waals surface area (Å²) in [7, 11) is 0. The lowest BCUT2D eigenvalue weighted by Crippen LogP contribution is -2.45. The van der Waals surface area contributed by atoms with E-state index in [4.69, 9.17) is 9.84 Å². The van der Waals surface area contributed by atoms with E-state index in [9.17, 15) is 29.4 Å². The number of aliphatic carboxylic acids is 2. The van der Waals surface area contributed by atoms with Crippen molar-refractivity contribution in [1.82, 2.24) is 0 Å². The van der Waals surface area contributed by atoms with Gasteiger partial charge in [-0.25, -0.2) is 4.79 Å². The number of unbranched alkanes of at least 4 members (excludes halogenated alkanes) is 3. The minimum Gasteiger partial charge on any atom is -0.481 e. The lowest BCUT2D eigenvalue weighted by molar-refractivity contribution is -0.179. The third-order valence-electron chi connectivity index (χ3n) is 8.59. The van der Waals surface area contributed by atoms with Gasteiger partial charge in [0.05, 0.1) is 18.3 Å². The number of rotatable bonds is 24. The standard InChI is InChI=1S/C32H58O8/c1-7-13-16-24(10-4)19-31(20-25(11-5)17-14-8-2,21-26(12-6)18-15-9-3)30(38)40-28(35)23-32(39,29(36)37)22-27(33)34/h24-26,39H,7-23H2,1-6H3,(H,33,34)(H,36,37). The van der Waals surface area contributed by atoms with Gasteiger partial charge in [-0.3, -0.25) is 14.4 Å². The molecule has 0 aromatic carbocycles. The molecule has 0 bridgehead atoms. The van der Waals surface area contributed by atoms with E-state index in [1.54, 1.807) is 0 Å². The van der Waals surface area contributed by atoms with Crippen molar-refractivity contribution >= 4 is 23.9 Å². The van der Waals surface area contributed by atoms with Crippen LogP contribution in [0.5, 0.6) is 0 Å². The number of ether oxygens (including phenoxy) is 1. The van der Waals surface area contributed by atoms with Crippen molar-refractivity contribution in [3.05, 3.63) is 0 Å². The quantitative estimate of drug-likeness (QED) is 0.0799. The van der Waals surface area contributed by atoms with Crippen LogP contribution in [-0.4, -0.2) is 44.8 Å². The summed E-state index contributed by atoms with van der Waals surface area (Å²) in [5, 5.41) is 28.9. The molecule has 0 rings (SSSR count). The predicted molar refractivity (Wildman–Crippen MR) is 157 cm³/mol. The molecule has 4 unspecified atom stereocenters. The number of hydrogen-bond acceptors (Lipinski definition) is 6. The van der Waals surface area contributed by atoms with Crippen molar-refractivity contribution in [1.29, 1.82) is 0 Å². The molecule has 4 atom stereocenters. The highest BCUT2D eigenvalue weighted by Gasteiger charge is 2.47. The normalized spacial score (nSPS) is 16.8. The monoisotopic (exact) mass is 570 g/mol. The van der Waals surface area contributed by atoms with E-state index in [1.165, 1.54) is 0 Å². The first-order chi connectivity index (χ1) is 18.9. The molecule has 0 aliphatic rings. The van der Waals surface area contributed by atoms with Crippen LogP contribution in [0.25, 0.3) is 0 Å². The number of carbonyl (C=O) groups is 4. The van der Waals surface area contributed by atoms with Crippen LogP contribution in [0.3, 0.4) is 0 Å². The van der Waals surface area contributed by atoms with E-state index in [2.05, 4.69) is 41.5 Å². The molecule has 0 aromatic rings. The Hall–Kier alpha value is -1.96. The Balaban J connectivity index is 6.53. The van der Waals surface area contributed by atoms with Crippen molar-refractivity contribution in [2.45, 2.75) is 156 Å². The summed E-state index contributed by atoms with van der Waals surface area (Å²) in [4.78, 5) is 49.9. The van der Waals surface area contributed by atoms with Gasteiger partial charge in [0.1, 0.15) is 0 Å². The average Bonchev–Trinajstić information content (AvgIpc) is 2.89. The Kier molecular flexibility index (Phi) is 19.0. The number of carboxylic acid groups (broad SMARTS) is 2. The first-order valence-electron chi connectivity index (χ1n) is 15.8. The molecule has 0 aromatic heterocycles. The number of aliphatic hydroxyl groups is 1. The molecule has 0 radical (unpaired) electrons. The van der Waals surface area contributed by atoms with E-state index in [1.807, 2.05) is 0 Å². The highest BCUT2D eigenvalue weighted by Crippen LogP contribution is 2.46. The zero-order valence-corrected chi connectivity index (χ0v) is 26.1. The minimum absolute atomic E-state index is 0.276. The SMILES string of the molecule is CCCCC(CC)CC(CC(CC)CCCC)(CC(CC)CCCC)C(=O)OC(=O)CC(O)(CC(=O)O)C(=O)O. The second-order valence-corrected chi connectivity index (χ2v) is 12.0. The Morgan fingerprint density at radius 1 is 0.650 bits per heavy atom. The van der Waals surface area contributed by atoms with E-state index in [0.717, 1.165) is 77.0 Å². The Morgan fingerprint density at radius 3 is 1.30 bits per heavy atom. The van der Waals surface area contributed by atoms with E-state index in [-0.39, 0.29) is 17.8 Å². The number of carbonyl (C=O) groups excluding carboxylic acids is 2. The zero-order valence-electron chi connectivity index (χ0n) is 26.1. The third-order valence-corrected chi connectivity index (χ3v) is 8.59. The van der Waals surface area contributed by atoms with E-state index in [0.29, 0.717) is 19.3 Å². The second kappa shape index (κ2) is 20.0. The summed E-state index contributed by atoms with van der Waals surface area (Å²) in [6.07, 6.45) is 11.4. The van der Waals surface area contributed by atoms with Crippen LogP contribution in [0.2, 0.25) is 0 Å². The number of carboxylic acids is 2. The second-order valence-electron chi connectivity index (χ2n) is 12.0. The molecule has 0 fully saturated rings. The van der Waals surface area contributed by atoms with Crippen LogP contribution in [0.4, 0.5) is 0 Å². The third kappa shape index (κ3) is 13.6. The van der Waals surface area contributed by atoms with Crippen molar-refractivity contribution in [2.24, 2.45) is 23.2 Å². The molecule has 0 amide bonds. The molecule has 8 heteroatoms. The highest BCUT2D eigenvalue weighted by molar-refractivity contribution is 5.93. The van der Waals surface area contributed by atoms with Gasteiger partial charge in [0.15, 0.2) is 5.60 Å². The van der Waals surface area contributed by atoms with Crippen LogP contribution < -0.4 is 0 Å². The fourth-order valence-electron chi connectivity index (χ4n) is 5.94. The number of hydrogen-bond donors (Lipinski definition) is 3. The van der Waals surface area contributed by atoms with E-state index < -0.39 is 47.7 Å². The summed E-state index contributed by atoms with van der Waals surface area (Å²) >= 11 is 0. The largest absolute Gasteiger partial charge is 0.481 e. The van der Waals surface area contributed by atoms with Gasteiger partial charge in [0.2, 0.25) is 0 Å². The molecule has 8 nitrogen and oxygen atoms in total. The fraction of sp³-hybridized carbons (Fsp3) is 0.875. The van der Waals surface area contributed by atoms with Gasteiger partial charge in [0.25, 0.3) is 0 Å². The topological polar surface area (TPSA) is 138 Å². The molecule has 0 spiro atoms. The summed E-state index contributed by atoms with van der Waals surface area (Å²) in [5.74, 6) is -4.43. The zero-order chi connectivity index (χ0) is 30.8. The van der Waals surface area contributed by atoms with Gasteiger partial charge in [-0.05, 0) is 37.0 Å². The van der Waals surface area contributed by atoms with Crippen LogP contribution in [0.1, 0.15) is 151 Å². The summed E-state index contributed by atoms with van der Waals surface area (Å²) < 4.78 is 5.40. The predicted octanol–water partition coefficient (Wildman–Crippen LogP) is 7.54. The lowest BCUT2D eigenvalue weighted by Gasteiger charge is -2.39. The Labute approximate surface area is 242 Å². The minimum atomic E-state index is -2.85. The van der Waals surface area contributed by atoms with Crippen molar-refractivity contribution in [3.8, 4) is 0 Å². The molecule has 0 saturated heterocycles. The molecule has 0 aliphatic carbocycles. The highest BCUT2D eigenvalue weighted by atomic mass is 16.6. The summed E-state index contributed by atoms with van der Waals surface area (Å²) in [6, 6.07) is 0. The maximum atomic E-state index is 14.1. The van der Waals surface area contributed by atoms with Crippen LogP contribution in [0.15, 0.2) is 0 Å². The molecule has 3 N–H and O–H groups in total. The maximum Gasteiger partial charge on any atom is 0.336 e. The Morgan fingerprint density at radius 2 is 1.02 bits per heavy atom. The van der Waals surface area contributed by atoms with Crippen LogP contribution in [-0.2, 0) is 23.9 Å². The Bertz CT molecular complexity index is 718. The van der Waals surface area contributed by atoms with Crippen LogP contribution >= 0.6 is 0 Å². The van der Waals surface area contributed by atoms with Gasteiger partial charge >= 0.3 is 23.9 Å². The van der Waals surface area contributed by atoms with Gasteiger partial charge in [-0.2, -0.15) is 0 Å². The lowest BCUT2D eigenvalue weighted by atomic mass is 9.65. The van der Waals surface area contributed by atoms with Gasteiger partial charge < -0.3 is 20.1 Å². The molecule has 0 heterocycles. The van der Waals surface area contributed by atoms with E-state index >= 15 is 0 Å². The van der Waals surface area contributed by atoms with Gasteiger partial charge in [0, 0.05) is 0 Å². The molecular formula is C32H58O8. The number of esters is 2. The molecule has 40 heavy (non-hydrogen) atoms. The smallest absolute Gasteiger partial charge is 0.336 e. The molecule has 234 valence electrons. The summed E-state index contributed by atoms with van der Waals surface area (Å²) in [5.41, 5.74) is -3.76. The van der Waals surface area contributed by atoms with Crippen molar-refractivity contribution in [2.75, 3.05) is 0 Å². The first kappa shape index (κ1) is 38.0.